The highest BCUT2D eigenvalue weighted by Gasteiger charge is 2.37. The summed E-state index contributed by atoms with van der Waals surface area (Å²) in [5.74, 6) is 0.714. The normalized spacial score (nSPS) is 19.8. The number of hydrogen-bond donors (Lipinski definition) is 1. The second-order valence-corrected chi connectivity index (χ2v) is 3.85. The van der Waals surface area contributed by atoms with Crippen molar-refractivity contribution in [2.24, 2.45) is 0 Å². The molecule has 4 nitrogen and oxygen atoms in total. The highest BCUT2D eigenvalue weighted by molar-refractivity contribution is 5.36. The fraction of sp³-hybridized carbons (Fsp3) is 0.556. The van der Waals surface area contributed by atoms with Crippen LogP contribution in [0.4, 0.5) is 5.95 Å². The summed E-state index contributed by atoms with van der Waals surface area (Å²) < 4.78 is 0. The van der Waals surface area contributed by atoms with E-state index in [-0.39, 0.29) is 0 Å². The number of rotatable bonds is 1. The van der Waals surface area contributed by atoms with Crippen LogP contribution in [-0.4, -0.2) is 33.8 Å². The van der Waals surface area contributed by atoms with E-state index in [0.29, 0.717) is 19.0 Å². The number of anilines is 1. The van der Waals surface area contributed by atoms with E-state index < -0.39 is 5.60 Å². The van der Waals surface area contributed by atoms with E-state index >= 15 is 0 Å². The molecule has 0 saturated carbocycles. The predicted molar refractivity (Wildman–Crippen MR) is 49.6 cm³/mol. The minimum Gasteiger partial charge on any atom is -0.386 e. The van der Waals surface area contributed by atoms with Crippen molar-refractivity contribution >= 4 is 5.95 Å². The Morgan fingerprint density at radius 2 is 2.23 bits per heavy atom. The molecule has 1 aromatic heterocycles. The van der Waals surface area contributed by atoms with Crippen LogP contribution < -0.4 is 4.90 Å². The van der Waals surface area contributed by atoms with Gasteiger partial charge in [0.25, 0.3) is 0 Å². The molecule has 0 atom stereocenters. The van der Waals surface area contributed by atoms with Crippen molar-refractivity contribution in [2.45, 2.75) is 19.4 Å². The second-order valence-electron chi connectivity index (χ2n) is 3.85. The Bertz CT molecular complexity index is 316. The Hall–Kier alpha value is -1.16. The van der Waals surface area contributed by atoms with E-state index in [4.69, 9.17) is 0 Å². The van der Waals surface area contributed by atoms with Crippen molar-refractivity contribution in [1.82, 2.24) is 9.97 Å². The number of aryl methyl sites for hydroxylation is 1. The first-order valence-electron chi connectivity index (χ1n) is 4.34. The molecule has 0 radical (unpaired) electrons. The Labute approximate surface area is 77.2 Å². The van der Waals surface area contributed by atoms with Gasteiger partial charge in [-0.2, -0.15) is 0 Å². The Kier molecular flexibility index (Phi) is 1.73. The first kappa shape index (κ1) is 8.44. The summed E-state index contributed by atoms with van der Waals surface area (Å²) in [5.41, 5.74) is 0.393. The monoisotopic (exact) mass is 179 g/mol. The molecule has 0 spiro atoms. The molecule has 0 aromatic carbocycles. The summed E-state index contributed by atoms with van der Waals surface area (Å²) in [6, 6.07) is 1.86. The van der Waals surface area contributed by atoms with Crippen molar-refractivity contribution < 1.29 is 5.11 Å². The minimum atomic E-state index is -0.562. The van der Waals surface area contributed by atoms with E-state index in [1.165, 1.54) is 0 Å². The molecule has 4 heteroatoms. The van der Waals surface area contributed by atoms with E-state index in [0.717, 1.165) is 5.69 Å². The van der Waals surface area contributed by atoms with Gasteiger partial charge in [0.05, 0.1) is 18.7 Å². The second kappa shape index (κ2) is 2.67. The molecule has 1 aliphatic rings. The molecule has 1 aliphatic heterocycles. The largest absolute Gasteiger partial charge is 0.386 e. The maximum atomic E-state index is 9.52. The molecule has 0 bridgehead atoms. The van der Waals surface area contributed by atoms with Crippen LogP contribution in [0.15, 0.2) is 12.3 Å². The maximum absolute atomic E-state index is 9.52. The SMILES string of the molecule is Cc1ccnc(N2CC(C)(O)C2)n1. The van der Waals surface area contributed by atoms with Gasteiger partial charge in [-0.05, 0) is 19.9 Å². The molecule has 1 N–H and O–H groups in total. The molecule has 0 aliphatic carbocycles. The summed E-state index contributed by atoms with van der Waals surface area (Å²) in [6.07, 6.45) is 1.74. The quantitative estimate of drug-likeness (QED) is 0.676. The average molecular weight is 179 g/mol. The van der Waals surface area contributed by atoms with Gasteiger partial charge in [-0.15, -0.1) is 0 Å². The van der Waals surface area contributed by atoms with Gasteiger partial charge in [-0.25, -0.2) is 9.97 Å². The topological polar surface area (TPSA) is 49.2 Å². The molecular weight excluding hydrogens is 166 g/mol. The van der Waals surface area contributed by atoms with Crippen molar-refractivity contribution in [3.63, 3.8) is 0 Å². The highest BCUT2D eigenvalue weighted by atomic mass is 16.3. The maximum Gasteiger partial charge on any atom is 0.225 e. The third kappa shape index (κ3) is 1.62. The summed E-state index contributed by atoms with van der Waals surface area (Å²) >= 11 is 0. The fourth-order valence-corrected chi connectivity index (χ4v) is 1.51. The molecule has 1 fully saturated rings. The van der Waals surface area contributed by atoms with Crippen LogP contribution in [0.2, 0.25) is 0 Å². The molecule has 1 saturated heterocycles. The lowest BCUT2D eigenvalue weighted by molar-refractivity contribution is 0.0299. The van der Waals surface area contributed by atoms with Crippen LogP contribution in [0.1, 0.15) is 12.6 Å². The lowest BCUT2D eigenvalue weighted by Crippen LogP contribution is -2.60. The average Bonchev–Trinajstić information content (AvgIpc) is 2.00. The zero-order valence-corrected chi connectivity index (χ0v) is 7.86. The first-order chi connectivity index (χ1) is 6.07. The van der Waals surface area contributed by atoms with Gasteiger partial charge in [-0.3, -0.25) is 0 Å². The van der Waals surface area contributed by atoms with Crippen molar-refractivity contribution in [3.05, 3.63) is 18.0 Å². The van der Waals surface area contributed by atoms with Gasteiger partial charge in [0, 0.05) is 11.9 Å². The zero-order chi connectivity index (χ0) is 9.47. The van der Waals surface area contributed by atoms with Gasteiger partial charge in [0.2, 0.25) is 5.95 Å². The van der Waals surface area contributed by atoms with Crippen molar-refractivity contribution in [2.75, 3.05) is 18.0 Å². The number of aromatic nitrogens is 2. The minimum absolute atomic E-state index is 0.562. The Morgan fingerprint density at radius 3 is 2.77 bits per heavy atom. The van der Waals surface area contributed by atoms with E-state index in [1.54, 1.807) is 6.20 Å². The smallest absolute Gasteiger partial charge is 0.225 e. The summed E-state index contributed by atoms with van der Waals surface area (Å²) in [7, 11) is 0. The summed E-state index contributed by atoms with van der Waals surface area (Å²) in [4.78, 5) is 10.4. The Morgan fingerprint density at radius 1 is 1.54 bits per heavy atom. The molecule has 2 heterocycles. The molecular formula is C9H13N3O. The van der Waals surface area contributed by atoms with Crippen LogP contribution in [0, 0.1) is 6.92 Å². The number of hydrogen-bond acceptors (Lipinski definition) is 4. The number of nitrogens with zero attached hydrogens (tertiary/aromatic N) is 3. The zero-order valence-electron chi connectivity index (χ0n) is 7.86. The van der Waals surface area contributed by atoms with Crippen molar-refractivity contribution in [3.8, 4) is 0 Å². The van der Waals surface area contributed by atoms with Gasteiger partial charge >= 0.3 is 0 Å². The molecule has 0 amide bonds. The Balaban J connectivity index is 2.11. The summed E-state index contributed by atoms with van der Waals surface area (Å²) in [6.45, 7) is 5.00. The van der Waals surface area contributed by atoms with Gasteiger partial charge in [0.15, 0.2) is 0 Å². The summed E-state index contributed by atoms with van der Waals surface area (Å²) in [5, 5.41) is 9.52. The number of aliphatic hydroxyl groups is 1. The molecule has 1 aromatic rings. The lowest BCUT2D eigenvalue weighted by atomic mass is 9.98. The molecule has 13 heavy (non-hydrogen) atoms. The van der Waals surface area contributed by atoms with Crippen LogP contribution in [0.25, 0.3) is 0 Å². The number of β-amino-alcohol motifs (C(OH)–C–C–N with tert-alkyl or cyclic N) is 1. The van der Waals surface area contributed by atoms with E-state index in [2.05, 4.69) is 9.97 Å². The van der Waals surface area contributed by atoms with Crippen LogP contribution in [0.5, 0.6) is 0 Å². The molecule has 2 rings (SSSR count). The molecule has 70 valence electrons. The van der Waals surface area contributed by atoms with Crippen LogP contribution in [-0.2, 0) is 0 Å². The fourth-order valence-electron chi connectivity index (χ4n) is 1.51. The first-order valence-corrected chi connectivity index (χ1v) is 4.34. The standard InChI is InChI=1S/C9H13N3O/c1-7-3-4-10-8(11-7)12-5-9(2,13)6-12/h3-4,13H,5-6H2,1-2H3. The lowest BCUT2D eigenvalue weighted by Gasteiger charge is -2.44. The van der Waals surface area contributed by atoms with Gasteiger partial charge in [-0.1, -0.05) is 0 Å². The van der Waals surface area contributed by atoms with Crippen LogP contribution >= 0.6 is 0 Å². The highest BCUT2D eigenvalue weighted by Crippen LogP contribution is 2.23. The van der Waals surface area contributed by atoms with Crippen molar-refractivity contribution in [1.29, 1.82) is 0 Å². The third-order valence-electron chi connectivity index (χ3n) is 2.13. The van der Waals surface area contributed by atoms with E-state index in [1.807, 2.05) is 24.8 Å². The molecule has 0 unspecified atom stereocenters. The van der Waals surface area contributed by atoms with Crippen LogP contribution in [0.3, 0.4) is 0 Å². The predicted octanol–water partition coefficient (Wildman–Crippen LogP) is 0.356. The van der Waals surface area contributed by atoms with E-state index in [9.17, 15) is 5.11 Å². The van der Waals surface area contributed by atoms with Gasteiger partial charge in [0.1, 0.15) is 0 Å². The van der Waals surface area contributed by atoms with Gasteiger partial charge < -0.3 is 10.0 Å². The third-order valence-corrected chi connectivity index (χ3v) is 2.13.